The smallest absolute Gasteiger partial charge is 0.250 e. The topological polar surface area (TPSA) is 63.4 Å². The number of ketones is 1. The summed E-state index contributed by atoms with van der Waals surface area (Å²) in [5, 5.41) is 4.49. The van der Waals surface area contributed by atoms with Crippen LogP contribution in [-0.2, 0) is 11.3 Å². The van der Waals surface area contributed by atoms with E-state index in [4.69, 9.17) is 0 Å². The number of aromatic nitrogens is 3. The molecule has 1 saturated carbocycles. The van der Waals surface area contributed by atoms with Crippen molar-refractivity contribution >= 4 is 23.4 Å². The van der Waals surface area contributed by atoms with E-state index < -0.39 is 0 Å². The van der Waals surface area contributed by atoms with Gasteiger partial charge in [0.15, 0.2) is 5.78 Å². The minimum Gasteiger partial charge on any atom is -0.332 e. The zero-order valence-corrected chi connectivity index (χ0v) is 11.3. The summed E-state index contributed by atoms with van der Waals surface area (Å²) in [6, 6.07) is 0. The molecule has 0 radical (unpaired) electrons. The van der Waals surface area contributed by atoms with E-state index in [2.05, 4.69) is 28.2 Å². The lowest BCUT2D eigenvalue weighted by molar-refractivity contribution is -0.112. The summed E-state index contributed by atoms with van der Waals surface area (Å²) in [7, 11) is 0. The van der Waals surface area contributed by atoms with Crippen molar-refractivity contribution in [3.05, 3.63) is 25.3 Å². The van der Waals surface area contributed by atoms with Gasteiger partial charge < -0.3 is 4.90 Å². The van der Waals surface area contributed by atoms with Gasteiger partial charge in [-0.25, -0.2) is 9.67 Å². The Labute approximate surface area is 117 Å². The maximum atomic E-state index is 11.7. The molecule has 6 heteroatoms. The van der Waals surface area contributed by atoms with Gasteiger partial charge >= 0.3 is 0 Å². The van der Waals surface area contributed by atoms with Crippen LogP contribution in [0.2, 0.25) is 0 Å². The fourth-order valence-corrected chi connectivity index (χ4v) is 2.66. The van der Waals surface area contributed by atoms with Crippen LogP contribution in [0.1, 0.15) is 12.8 Å². The van der Waals surface area contributed by atoms with Gasteiger partial charge in [-0.1, -0.05) is 12.2 Å². The summed E-state index contributed by atoms with van der Waals surface area (Å²) in [5.41, 5.74) is 0.676. The Morgan fingerprint density at radius 3 is 2.80 bits per heavy atom. The van der Waals surface area contributed by atoms with Crippen LogP contribution in [-0.4, -0.2) is 39.3 Å². The molecule has 1 fully saturated rings. The summed E-state index contributed by atoms with van der Waals surface area (Å²) in [4.78, 5) is 22.5. The summed E-state index contributed by atoms with van der Waals surface area (Å²) >= 11 is 0. The van der Waals surface area contributed by atoms with Crippen molar-refractivity contribution in [3.63, 3.8) is 0 Å². The second kappa shape index (κ2) is 5.03. The lowest BCUT2D eigenvalue weighted by Crippen LogP contribution is -2.25. The number of hydrogen-bond donors (Lipinski definition) is 0. The maximum Gasteiger partial charge on any atom is 0.250 e. The first-order valence-electron chi connectivity index (χ1n) is 6.76. The monoisotopic (exact) mass is 271 g/mol. The van der Waals surface area contributed by atoms with Crippen LogP contribution in [0.4, 0.5) is 11.9 Å². The van der Waals surface area contributed by atoms with Crippen molar-refractivity contribution in [2.75, 3.05) is 18.0 Å². The van der Waals surface area contributed by atoms with Crippen molar-refractivity contribution in [1.82, 2.24) is 14.8 Å². The molecule has 0 amide bonds. The van der Waals surface area contributed by atoms with Crippen molar-refractivity contribution in [2.45, 2.75) is 19.4 Å². The highest BCUT2D eigenvalue weighted by Crippen LogP contribution is 2.30. The van der Waals surface area contributed by atoms with Crippen molar-refractivity contribution < 1.29 is 4.79 Å². The van der Waals surface area contributed by atoms with E-state index in [1.54, 1.807) is 16.8 Å². The molecule has 0 saturated heterocycles. The zero-order valence-electron chi connectivity index (χ0n) is 11.3. The molecule has 1 aliphatic heterocycles. The van der Waals surface area contributed by atoms with E-state index >= 15 is 0 Å². The number of carbonyl (C=O) groups excluding carboxylic acids is 1. The average molecular weight is 271 g/mol. The molecule has 6 nitrogen and oxygen atoms in total. The molecule has 20 heavy (non-hydrogen) atoms. The van der Waals surface area contributed by atoms with Crippen LogP contribution < -0.4 is 4.90 Å². The first-order valence-corrected chi connectivity index (χ1v) is 6.76. The van der Waals surface area contributed by atoms with E-state index in [0.29, 0.717) is 43.7 Å². The minimum absolute atomic E-state index is 0.153. The molecule has 0 spiro atoms. The van der Waals surface area contributed by atoms with Crippen molar-refractivity contribution in [2.24, 2.45) is 10.9 Å². The van der Waals surface area contributed by atoms with Gasteiger partial charge in [0.05, 0.1) is 12.3 Å². The number of Topliss-reactive ketones (excluding diaryl/α,β-unsaturated/α-hetero) is 1. The maximum absolute atomic E-state index is 11.7. The predicted octanol–water partition coefficient (Wildman–Crippen LogP) is 1.52. The Kier molecular flexibility index (Phi) is 3.22. The summed E-state index contributed by atoms with van der Waals surface area (Å²) < 4.78 is 1.79. The molecular weight excluding hydrogens is 254 g/mol. The van der Waals surface area contributed by atoms with Crippen molar-refractivity contribution in [3.8, 4) is 0 Å². The van der Waals surface area contributed by atoms with Crippen LogP contribution in [0.25, 0.3) is 0 Å². The van der Waals surface area contributed by atoms with Crippen LogP contribution in [0.5, 0.6) is 0 Å². The number of carbonyl (C=O) groups is 1. The third kappa shape index (κ3) is 2.07. The van der Waals surface area contributed by atoms with Gasteiger partial charge in [-0.2, -0.15) is 4.98 Å². The molecule has 1 aliphatic carbocycles. The zero-order chi connectivity index (χ0) is 14.1. The van der Waals surface area contributed by atoms with Gasteiger partial charge in [0, 0.05) is 25.4 Å². The second-order valence-corrected chi connectivity index (χ2v) is 5.03. The molecule has 2 aliphatic rings. The third-order valence-electron chi connectivity index (χ3n) is 3.63. The second-order valence-electron chi connectivity index (χ2n) is 5.03. The van der Waals surface area contributed by atoms with Crippen LogP contribution in [0.15, 0.2) is 30.3 Å². The molecule has 0 bridgehead atoms. The van der Waals surface area contributed by atoms with E-state index in [1.807, 2.05) is 4.90 Å². The highest BCUT2D eigenvalue weighted by molar-refractivity contribution is 6.42. The molecule has 1 atom stereocenters. The number of fused-ring (bicyclic) bond motifs is 2. The van der Waals surface area contributed by atoms with Gasteiger partial charge in [-0.15, -0.1) is 18.3 Å². The van der Waals surface area contributed by atoms with Crippen LogP contribution >= 0.6 is 0 Å². The highest BCUT2D eigenvalue weighted by atomic mass is 16.1. The molecule has 1 unspecified atom stereocenters. The van der Waals surface area contributed by atoms with E-state index in [0.717, 1.165) is 6.42 Å². The highest BCUT2D eigenvalue weighted by Gasteiger charge is 2.35. The van der Waals surface area contributed by atoms with Crippen LogP contribution in [0.3, 0.4) is 0 Å². The van der Waals surface area contributed by atoms with E-state index in [1.165, 1.54) is 0 Å². The van der Waals surface area contributed by atoms with Crippen LogP contribution in [0, 0.1) is 5.92 Å². The number of hydrogen-bond acceptors (Lipinski definition) is 5. The van der Waals surface area contributed by atoms with Gasteiger partial charge in [-0.3, -0.25) is 4.79 Å². The van der Waals surface area contributed by atoms with Gasteiger partial charge in [0.1, 0.15) is 0 Å². The Morgan fingerprint density at radius 1 is 1.35 bits per heavy atom. The first kappa shape index (κ1) is 12.8. The molecule has 1 aromatic rings. The summed E-state index contributed by atoms with van der Waals surface area (Å²) in [5.74, 6) is 1.49. The van der Waals surface area contributed by atoms with Crippen molar-refractivity contribution in [1.29, 1.82) is 0 Å². The molecule has 3 rings (SSSR count). The predicted molar refractivity (Wildman–Crippen MR) is 77.5 cm³/mol. The molecule has 1 aromatic heterocycles. The number of aliphatic imine (C=N–C) groups is 1. The van der Waals surface area contributed by atoms with Gasteiger partial charge in [0.25, 0.3) is 0 Å². The summed E-state index contributed by atoms with van der Waals surface area (Å²) in [6.45, 7) is 9.46. The van der Waals surface area contributed by atoms with E-state index in [-0.39, 0.29) is 11.7 Å². The third-order valence-corrected chi connectivity index (χ3v) is 3.63. The average Bonchev–Trinajstić information content (AvgIpc) is 3.00. The molecule has 0 N–H and O–H groups in total. The van der Waals surface area contributed by atoms with Gasteiger partial charge in [0.2, 0.25) is 11.9 Å². The molecule has 0 aromatic carbocycles. The fourth-order valence-electron chi connectivity index (χ4n) is 2.66. The standard InChI is InChI=1S/C14H17N5O/c1-3-7-18(8-4-2)14-16-13-15-12-10(5-6-11(12)20)9-19(13)17-14/h3-4,10H,1-2,5-9H2. The Hall–Kier alpha value is -2.24. The van der Waals surface area contributed by atoms with Gasteiger partial charge in [-0.05, 0) is 6.42 Å². The number of rotatable bonds is 5. The van der Waals surface area contributed by atoms with E-state index in [9.17, 15) is 4.79 Å². The molecular formula is C14H17N5O. The first-order chi connectivity index (χ1) is 9.72. The Balaban J connectivity index is 1.92. The largest absolute Gasteiger partial charge is 0.332 e. The Bertz CT molecular complexity index is 591. The molecule has 104 valence electrons. The number of anilines is 1. The summed E-state index contributed by atoms with van der Waals surface area (Å²) in [6.07, 6.45) is 5.07. The Morgan fingerprint density at radius 2 is 2.10 bits per heavy atom. The molecule has 2 heterocycles. The SMILES string of the molecule is C=CCN(CC=C)c1nc2n(n1)CC1CCC(=O)C1=N2. The quantitative estimate of drug-likeness (QED) is 0.762. The lowest BCUT2D eigenvalue weighted by Gasteiger charge is -2.16. The fraction of sp³-hybridized carbons (Fsp3) is 0.429. The normalized spacial score (nSPS) is 20.1. The minimum atomic E-state index is 0.153. The number of nitrogens with zero attached hydrogens (tertiary/aromatic N) is 5. The lowest BCUT2D eigenvalue weighted by atomic mass is 10.1.